The van der Waals surface area contributed by atoms with E-state index in [4.69, 9.17) is 4.74 Å². The van der Waals surface area contributed by atoms with Gasteiger partial charge in [-0.3, -0.25) is 9.89 Å². The van der Waals surface area contributed by atoms with E-state index in [9.17, 15) is 13.6 Å². The summed E-state index contributed by atoms with van der Waals surface area (Å²) < 4.78 is 33.0. The van der Waals surface area contributed by atoms with Gasteiger partial charge in [0.2, 0.25) is 0 Å². The van der Waals surface area contributed by atoms with Crippen molar-refractivity contribution in [1.82, 2.24) is 15.1 Å². The molecular weight excluding hydrogens is 452 g/mol. The number of H-pyrrole nitrogens is 1. The number of aromatic nitrogens is 2. The number of fused-ring (bicyclic) bond motifs is 1. The lowest BCUT2D eigenvalue weighted by atomic mass is 10.0. The Kier molecular flexibility index (Phi) is 6.08. The molecule has 5 rings (SSSR count). The Hall–Kier alpha value is -3.98. The fourth-order valence-electron chi connectivity index (χ4n) is 4.31. The molecule has 0 unspecified atom stereocenters. The van der Waals surface area contributed by atoms with Gasteiger partial charge in [-0.2, -0.15) is 5.10 Å². The quantitative estimate of drug-likeness (QED) is 0.442. The van der Waals surface area contributed by atoms with Crippen LogP contribution in [0.1, 0.15) is 10.5 Å². The first-order valence-corrected chi connectivity index (χ1v) is 11.3. The number of amides is 1. The first-order chi connectivity index (χ1) is 16.9. The van der Waals surface area contributed by atoms with Crippen molar-refractivity contribution in [3.05, 3.63) is 71.9 Å². The summed E-state index contributed by atoms with van der Waals surface area (Å²) >= 11 is 0. The number of piperazine rings is 1. The summed E-state index contributed by atoms with van der Waals surface area (Å²) in [5.74, 6) is -1.22. The first kappa shape index (κ1) is 22.8. The molecule has 3 aromatic carbocycles. The summed E-state index contributed by atoms with van der Waals surface area (Å²) in [4.78, 5) is 17.7. The lowest BCUT2D eigenvalue weighted by Crippen LogP contribution is -2.44. The van der Waals surface area contributed by atoms with Crippen molar-refractivity contribution < 1.29 is 18.3 Å². The van der Waals surface area contributed by atoms with Gasteiger partial charge in [-0.15, -0.1) is 0 Å². The SMILES string of the molecule is COc1cc(N2CCN(C)CC2)ccc1NC(=O)c1n[nH]c2ccc(-c3cc(F)cc(F)c3)cc12. The highest BCUT2D eigenvalue weighted by molar-refractivity contribution is 6.12. The fraction of sp³-hybridized carbons (Fsp3) is 0.231. The number of carbonyl (C=O) groups is 1. The molecule has 0 bridgehead atoms. The highest BCUT2D eigenvalue weighted by Gasteiger charge is 2.19. The number of anilines is 2. The number of halogens is 2. The second-order valence-electron chi connectivity index (χ2n) is 8.62. The van der Waals surface area contributed by atoms with Gasteiger partial charge in [0, 0.05) is 49.4 Å². The standard InChI is InChI=1S/C26H25F2N5O2/c1-32-7-9-33(10-8-32)20-4-6-23(24(15-20)35-2)29-26(34)25-21-13-16(3-5-22(21)30-31-25)17-11-18(27)14-19(28)12-17/h3-6,11-15H,7-10H2,1-2H3,(H,29,34)(H,30,31). The van der Waals surface area contributed by atoms with Gasteiger partial charge in [-0.05, 0) is 54.6 Å². The Morgan fingerprint density at radius 2 is 1.71 bits per heavy atom. The van der Waals surface area contributed by atoms with Crippen LogP contribution in [0.25, 0.3) is 22.0 Å². The molecule has 2 heterocycles. The van der Waals surface area contributed by atoms with E-state index in [2.05, 4.69) is 32.4 Å². The number of nitrogens with zero attached hydrogens (tertiary/aromatic N) is 3. The molecule has 0 radical (unpaired) electrons. The molecular formula is C26H25F2N5O2. The van der Waals surface area contributed by atoms with E-state index >= 15 is 0 Å². The van der Waals surface area contributed by atoms with Gasteiger partial charge < -0.3 is 19.9 Å². The van der Waals surface area contributed by atoms with Gasteiger partial charge in [0.15, 0.2) is 5.69 Å². The highest BCUT2D eigenvalue weighted by Crippen LogP contribution is 2.32. The zero-order chi connectivity index (χ0) is 24.5. The summed E-state index contributed by atoms with van der Waals surface area (Å²) in [5.41, 5.74) is 3.30. The predicted molar refractivity (Wildman–Crippen MR) is 132 cm³/mol. The summed E-state index contributed by atoms with van der Waals surface area (Å²) in [7, 11) is 3.67. The fourth-order valence-corrected chi connectivity index (χ4v) is 4.31. The Morgan fingerprint density at radius 3 is 2.43 bits per heavy atom. The van der Waals surface area contributed by atoms with Crippen LogP contribution in [-0.4, -0.2) is 61.3 Å². The predicted octanol–water partition coefficient (Wildman–Crippen LogP) is 4.52. The Balaban J connectivity index is 1.41. The van der Waals surface area contributed by atoms with E-state index in [0.29, 0.717) is 33.5 Å². The lowest BCUT2D eigenvalue weighted by Gasteiger charge is -2.34. The van der Waals surface area contributed by atoms with E-state index in [0.717, 1.165) is 37.9 Å². The summed E-state index contributed by atoms with van der Waals surface area (Å²) in [6.45, 7) is 3.80. The van der Waals surface area contributed by atoms with Crippen LogP contribution in [0.3, 0.4) is 0 Å². The summed E-state index contributed by atoms with van der Waals surface area (Å²) in [6, 6.07) is 14.1. The van der Waals surface area contributed by atoms with Crippen molar-refractivity contribution in [2.24, 2.45) is 0 Å². The minimum atomic E-state index is -0.669. The Labute approximate surface area is 201 Å². The molecule has 4 aromatic rings. The van der Waals surface area contributed by atoms with Crippen LogP contribution in [0.2, 0.25) is 0 Å². The number of carbonyl (C=O) groups excluding carboxylic acids is 1. The van der Waals surface area contributed by atoms with E-state index < -0.39 is 17.5 Å². The van der Waals surface area contributed by atoms with Crippen molar-refractivity contribution in [1.29, 1.82) is 0 Å². The van der Waals surface area contributed by atoms with Gasteiger partial charge in [-0.1, -0.05) is 6.07 Å². The molecule has 9 heteroatoms. The molecule has 1 saturated heterocycles. The maximum Gasteiger partial charge on any atom is 0.276 e. The molecule has 35 heavy (non-hydrogen) atoms. The number of benzene rings is 3. The lowest BCUT2D eigenvalue weighted by molar-refractivity contribution is 0.102. The molecule has 0 saturated carbocycles. The van der Waals surface area contributed by atoms with E-state index in [1.54, 1.807) is 25.3 Å². The normalized spacial score (nSPS) is 14.3. The molecule has 1 aliphatic rings. The van der Waals surface area contributed by atoms with Crippen LogP contribution < -0.4 is 15.0 Å². The first-order valence-electron chi connectivity index (χ1n) is 11.3. The molecule has 1 aliphatic heterocycles. The van der Waals surface area contributed by atoms with E-state index in [1.165, 1.54) is 12.1 Å². The van der Waals surface area contributed by atoms with Crippen molar-refractivity contribution in [3.8, 4) is 16.9 Å². The third-order valence-electron chi connectivity index (χ3n) is 6.28. The third-order valence-corrected chi connectivity index (χ3v) is 6.28. The van der Waals surface area contributed by atoms with Crippen LogP contribution in [0, 0.1) is 11.6 Å². The number of aromatic amines is 1. The molecule has 2 N–H and O–H groups in total. The molecule has 1 fully saturated rings. The summed E-state index contributed by atoms with van der Waals surface area (Å²) in [6.07, 6.45) is 0. The molecule has 1 aromatic heterocycles. The number of methoxy groups -OCH3 is 1. The topological polar surface area (TPSA) is 73.5 Å². The average Bonchev–Trinajstić information content (AvgIpc) is 3.28. The van der Waals surface area contributed by atoms with Crippen molar-refractivity contribution in [3.63, 3.8) is 0 Å². The van der Waals surface area contributed by atoms with Crippen LogP contribution in [-0.2, 0) is 0 Å². The molecule has 7 nitrogen and oxygen atoms in total. The number of likely N-dealkylation sites (N-methyl/N-ethyl adjacent to an activating group) is 1. The van der Waals surface area contributed by atoms with Gasteiger partial charge in [-0.25, -0.2) is 8.78 Å². The Morgan fingerprint density at radius 1 is 0.971 bits per heavy atom. The van der Waals surface area contributed by atoms with Crippen molar-refractivity contribution in [2.45, 2.75) is 0 Å². The molecule has 0 atom stereocenters. The van der Waals surface area contributed by atoms with Gasteiger partial charge in [0.1, 0.15) is 17.4 Å². The number of ether oxygens (including phenoxy) is 1. The van der Waals surface area contributed by atoms with Crippen LogP contribution in [0.5, 0.6) is 5.75 Å². The maximum absolute atomic E-state index is 13.7. The minimum Gasteiger partial charge on any atom is -0.494 e. The largest absolute Gasteiger partial charge is 0.494 e. The van der Waals surface area contributed by atoms with Crippen LogP contribution in [0.4, 0.5) is 20.2 Å². The molecule has 1 amide bonds. The van der Waals surface area contributed by atoms with Crippen LogP contribution >= 0.6 is 0 Å². The van der Waals surface area contributed by atoms with Gasteiger partial charge in [0.05, 0.1) is 18.3 Å². The Bertz CT molecular complexity index is 1380. The van der Waals surface area contributed by atoms with Crippen molar-refractivity contribution >= 4 is 28.2 Å². The van der Waals surface area contributed by atoms with Crippen molar-refractivity contribution in [2.75, 3.05) is 50.6 Å². The number of hydrogen-bond acceptors (Lipinski definition) is 5. The molecule has 0 spiro atoms. The summed E-state index contributed by atoms with van der Waals surface area (Å²) in [5, 5.41) is 10.4. The number of hydrogen-bond donors (Lipinski definition) is 2. The average molecular weight is 478 g/mol. The van der Waals surface area contributed by atoms with Gasteiger partial charge >= 0.3 is 0 Å². The number of nitrogens with one attached hydrogen (secondary N) is 2. The van der Waals surface area contributed by atoms with E-state index in [1.807, 2.05) is 18.2 Å². The monoisotopic (exact) mass is 477 g/mol. The van der Waals surface area contributed by atoms with E-state index in [-0.39, 0.29) is 5.69 Å². The zero-order valence-electron chi connectivity index (χ0n) is 19.4. The highest BCUT2D eigenvalue weighted by atomic mass is 19.1. The minimum absolute atomic E-state index is 0.170. The second kappa shape index (κ2) is 9.34. The molecule has 180 valence electrons. The van der Waals surface area contributed by atoms with Crippen LogP contribution in [0.15, 0.2) is 54.6 Å². The molecule has 0 aliphatic carbocycles. The van der Waals surface area contributed by atoms with Gasteiger partial charge in [0.25, 0.3) is 5.91 Å². The smallest absolute Gasteiger partial charge is 0.276 e. The third kappa shape index (κ3) is 4.67. The second-order valence-corrected chi connectivity index (χ2v) is 8.62. The zero-order valence-corrected chi connectivity index (χ0v) is 19.4. The number of rotatable bonds is 5. The maximum atomic E-state index is 13.7.